The Balaban J connectivity index is 3.46. The average Bonchev–Trinajstić information content (AvgIpc) is 2.05. The Morgan fingerprint density at radius 1 is 1.19 bits per heavy atom. The number of rotatable bonds is 1. The molecule has 0 aliphatic heterocycles. The highest BCUT2D eigenvalue weighted by Crippen LogP contribution is 2.28. The van der Waals surface area contributed by atoms with E-state index in [1.807, 2.05) is 20.8 Å². The fourth-order valence-electron chi connectivity index (χ4n) is 1.45. The summed E-state index contributed by atoms with van der Waals surface area (Å²) in [5.41, 5.74) is 0.0344. The number of aromatic nitrogens is 1. The van der Waals surface area contributed by atoms with Crippen molar-refractivity contribution < 1.29 is 9.50 Å². The Labute approximate surface area is 96.5 Å². The molecule has 2 nitrogen and oxygen atoms in total. The van der Waals surface area contributed by atoms with Crippen molar-refractivity contribution in [3.05, 3.63) is 28.8 Å². The van der Waals surface area contributed by atoms with Crippen LogP contribution in [0, 0.1) is 12.7 Å². The SMILES string of the molecule is Cc1cc(C(C)(C)C)nc(C(C)(C)O)c1F. The molecule has 1 heterocycles. The highest BCUT2D eigenvalue weighted by atomic mass is 19.1. The van der Waals surface area contributed by atoms with Gasteiger partial charge in [-0.25, -0.2) is 4.39 Å². The number of aliphatic hydroxyl groups is 1. The fraction of sp³-hybridized carbons (Fsp3) is 0.615. The molecule has 90 valence electrons. The van der Waals surface area contributed by atoms with Gasteiger partial charge in [0.1, 0.15) is 11.3 Å². The van der Waals surface area contributed by atoms with Gasteiger partial charge in [0.15, 0.2) is 5.82 Å². The lowest BCUT2D eigenvalue weighted by Crippen LogP contribution is -2.24. The number of hydrogen-bond acceptors (Lipinski definition) is 2. The molecule has 3 heteroatoms. The van der Waals surface area contributed by atoms with Crippen LogP contribution < -0.4 is 0 Å². The lowest BCUT2D eigenvalue weighted by molar-refractivity contribution is 0.0688. The highest BCUT2D eigenvalue weighted by Gasteiger charge is 2.27. The number of nitrogens with zero attached hydrogens (tertiary/aromatic N) is 1. The van der Waals surface area contributed by atoms with E-state index in [9.17, 15) is 9.50 Å². The standard InChI is InChI=1S/C13H20FNO/c1-8-7-9(12(2,3)4)15-11(10(8)14)13(5,6)16/h7,16H,1-6H3. The topological polar surface area (TPSA) is 33.1 Å². The van der Waals surface area contributed by atoms with E-state index in [0.717, 1.165) is 5.69 Å². The van der Waals surface area contributed by atoms with Gasteiger partial charge in [0, 0.05) is 11.1 Å². The molecule has 0 bridgehead atoms. The maximum Gasteiger partial charge on any atom is 0.150 e. The molecular weight excluding hydrogens is 205 g/mol. The summed E-state index contributed by atoms with van der Waals surface area (Å²) in [6.45, 7) is 10.8. The predicted octanol–water partition coefficient (Wildman–Crippen LogP) is 3.05. The third-order valence-electron chi connectivity index (χ3n) is 2.49. The largest absolute Gasteiger partial charge is 0.384 e. The minimum Gasteiger partial charge on any atom is -0.384 e. The minimum atomic E-state index is -1.25. The lowest BCUT2D eigenvalue weighted by atomic mass is 9.89. The summed E-state index contributed by atoms with van der Waals surface area (Å²) in [6.07, 6.45) is 0. The van der Waals surface area contributed by atoms with Crippen molar-refractivity contribution in [2.75, 3.05) is 0 Å². The van der Waals surface area contributed by atoms with E-state index < -0.39 is 11.4 Å². The molecule has 0 radical (unpaired) electrons. The molecule has 0 amide bonds. The van der Waals surface area contributed by atoms with Crippen molar-refractivity contribution >= 4 is 0 Å². The van der Waals surface area contributed by atoms with Gasteiger partial charge in [-0.1, -0.05) is 20.8 Å². The van der Waals surface area contributed by atoms with Gasteiger partial charge in [0.2, 0.25) is 0 Å². The van der Waals surface area contributed by atoms with Crippen LogP contribution in [0.25, 0.3) is 0 Å². The van der Waals surface area contributed by atoms with Crippen LogP contribution in [0.1, 0.15) is 51.6 Å². The maximum atomic E-state index is 13.8. The van der Waals surface area contributed by atoms with Crippen molar-refractivity contribution in [3.63, 3.8) is 0 Å². The van der Waals surface area contributed by atoms with Gasteiger partial charge in [-0.15, -0.1) is 0 Å². The van der Waals surface area contributed by atoms with E-state index in [1.165, 1.54) is 0 Å². The maximum absolute atomic E-state index is 13.8. The summed E-state index contributed by atoms with van der Waals surface area (Å²) in [5, 5.41) is 9.88. The third kappa shape index (κ3) is 2.59. The first-order valence-corrected chi connectivity index (χ1v) is 5.44. The van der Waals surface area contributed by atoms with Gasteiger partial charge >= 0.3 is 0 Å². The zero-order chi connectivity index (χ0) is 12.7. The minimum absolute atomic E-state index is 0.123. The smallest absolute Gasteiger partial charge is 0.150 e. The summed E-state index contributed by atoms with van der Waals surface area (Å²) in [4.78, 5) is 4.25. The van der Waals surface area contributed by atoms with E-state index >= 15 is 0 Å². The van der Waals surface area contributed by atoms with E-state index in [-0.39, 0.29) is 11.1 Å². The van der Waals surface area contributed by atoms with Crippen LogP contribution in [0.15, 0.2) is 6.07 Å². The summed E-state index contributed by atoms with van der Waals surface area (Å²) in [5.74, 6) is -0.416. The molecule has 1 rings (SSSR count). The molecule has 1 aromatic heterocycles. The first-order chi connectivity index (χ1) is 7.03. The molecule has 16 heavy (non-hydrogen) atoms. The molecule has 0 aliphatic rings. The van der Waals surface area contributed by atoms with Gasteiger partial charge in [-0.2, -0.15) is 0 Å². The van der Waals surface area contributed by atoms with E-state index in [4.69, 9.17) is 0 Å². The Morgan fingerprint density at radius 3 is 2.06 bits per heavy atom. The molecule has 0 aromatic carbocycles. The first kappa shape index (κ1) is 13.1. The molecule has 1 aromatic rings. The van der Waals surface area contributed by atoms with E-state index in [1.54, 1.807) is 26.8 Å². The molecular formula is C13H20FNO. The van der Waals surface area contributed by atoms with Crippen LogP contribution in [-0.4, -0.2) is 10.1 Å². The van der Waals surface area contributed by atoms with Gasteiger partial charge in [-0.05, 0) is 32.4 Å². The summed E-state index contributed by atoms with van der Waals surface area (Å²) in [6, 6.07) is 1.74. The molecule has 1 N–H and O–H groups in total. The second-order valence-corrected chi connectivity index (χ2v) is 5.80. The molecule has 0 unspecified atom stereocenters. The van der Waals surface area contributed by atoms with Crippen molar-refractivity contribution in [1.29, 1.82) is 0 Å². The molecule has 0 fully saturated rings. The second-order valence-electron chi connectivity index (χ2n) is 5.80. The molecule has 0 saturated heterocycles. The van der Waals surface area contributed by atoms with Gasteiger partial charge in [0.05, 0.1) is 0 Å². The van der Waals surface area contributed by atoms with Gasteiger partial charge in [-0.3, -0.25) is 4.98 Å². The van der Waals surface area contributed by atoms with Gasteiger partial charge in [0.25, 0.3) is 0 Å². The third-order valence-corrected chi connectivity index (χ3v) is 2.49. The number of hydrogen-bond donors (Lipinski definition) is 1. The Morgan fingerprint density at radius 2 is 1.69 bits per heavy atom. The highest BCUT2D eigenvalue weighted by molar-refractivity contribution is 5.28. The monoisotopic (exact) mass is 225 g/mol. The van der Waals surface area contributed by atoms with Crippen molar-refractivity contribution in [2.45, 2.75) is 52.6 Å². The molecule has 0 spiro atoms. The number of aryl methyl sites for hydroxylation is 1. The summed E-state index contributed by atoms with van der Waals surface area (Å²) in [7, 11) is 0. The Hall–Kier alpha value is -0.960. The first-order valence-electron chi connectivity index (χ1n) is 5.44. The van der Waals surface area contributed by atoms with Crippen LogP contribution in [0.2, 0.25) is 0 Å². The molecule has 0 atom stereocenters. The lowest BCUT2D eigenvalue weighted by Gasteiger charge is -2.24. The van der Waals surface area contributed by atoms with Crippen LogP contribution >= 0.6 is 0 Å². The van der Waals surface area contributed by atoms with Crippen LogP contribution in [0.5, 0.6) is 0 Å². The van der Waals surface area contributed by atoms with E-state index in [2.05, 4.69) is 4.98 Å². The zero-order valence-corrected chi connectivity index (χ0v) is 10.8. The predicted molar refractivity (Wildman–Crippen MR) is 62.9 cm³/mol. The average molecular weight is 225 g/mol. The number of pyridine rings is 1. The zero-order valence-electron chi connectivity index (χ0n) is 10.8. The van der Waals surface area contributed by atoms with E-state index in [0.29, 0.717) is 5.56 Å². The summed E-state index contributed by atoms with van der Waals surface area (Å²) < 4.78 is 13.8. The van der Waals surface area contributed by atoms with Crippen molar-refractivity contribution in [2.24, 2.45) is 0 Å². The van der Waals surface area contributed by atoms with Crippen LogP contribution in [-0.2, 0) is 11.0 Å². The molecule has 0 aliphatic carbocycles. The number of halogens is 1. The fourth-order valence-corrected chi connectivity index (χ4v) is 1.45. The van der Waals surface area contributed by atoms with Crippen molar-refractivity contribution in [1.82, 2.24) is 4.98 Å². The summed E-state index contributed by atoms with van der Waals surface area (Å²) >= 11 is 0. The molecule has 0 saturated carbocycles. The quantitative estimate of drug-likeness (QED) is 0.796. The second kappa shape index (κ2) is 3.81. The van der Waals surface area contributed by atoms with Crippen LogP contribution in [0.3, 0.4) is 0 Å². The van der Waals surface area contributed by atoms with Crippen molar-refractivity contribution in [3.8, 4) is 0 Å². The normalized spacial score (nSPS) is 13.0. The Bertz CT molecular complexity index is 400. The Kier molecular flexibility index (Phi) is 3.12. The van der Waals surface area contributed by atoms with Crippen LogP contribution in [0.4, 0.5) is 4.39 Å². The van der Waals surface area contributed by atoms with Gasteiger partial charge < -0.3 is 5.11 Å².